The molecule has 3 aromatic rings. The molecule has 1 N–H and O–H groups in total. The normalized spacial score (nSPS) is 10.7. The van der Waals surface area contributed by atoms with Gasteiger partial charge in [-0.25, -0.2) is 4.39 Å². The molecule has 0 saturated heterocycles. The van der Waals surface area contributed by atoms with Crippen LogP contribution >= 0.6 is 15.9 Å². The third-order valence-electron chi connectivity index (χ3n) is 3.83. The number of oxime groups is 1. The number of carbonyl (C=O) groups excluding carboxylic acids is 1. The zero-order valence-corrected chi connectivity index (χ0v) is 16.9. The minimum Gasteiger partial charge on any atom is -0.488 e. The first-order valence-corrected chi connectivity index (χ1v) is 9.57. The van der Waals surface area contributed by atoms with Gasteiger partial charge in [-0.05, 0) is 36.4 Å². The molecular weight excluding hydrogens is 439 g/mol. The third kappa shape index (κ3) is 6.43. The van der Waals surface area contributed by atoms with Gasteiger partial charge in [0.2, 0.25) is 0 Å². The first-order valence-electron chi connectivity index (χ1n) is 8.78. The van der Waals surface area contributed by atoms with Crippen molar-refractivity contribution in [2.24, 2.45) is 5.16 Å². The van der Waals surface area contributed by atoms with Gasteiger partial charge in [-0.1, -0.05) is 57.5 Å². The Kier molecular flexibility index (Phi) is 7.35. The molecule has 0 bridgehead atoms. The summed E-state index contributed by atoms with van der Waals surface area (Å²) in [4.78, 5) is 16.9. The molecule has 0 aliphatic heterocycles. The van der Waals surface area contributed by atoms with Gasteiger partial charge in [-0.15, -0.1) is 0 Å². The maximum Gasteiger partial charge on any atom is 0.265 e. The van der Waals surface area contributed by atoms with Gasteiger partial charge in [-0.2, -0.15) is 0 Å². The van der Waals surface area contributed by atoms with E-state index in [1.165, 1.54) is 12.3 Å². The van der Waals surface area contributed by atoms with E-state index in [9.17, 15) is 9.18 Å². The molecule has 0 aliphatic carbocycles. The molecule has 5 nitrogen and oxygen atoms in total. The molecule has 7 heteroatoms. The van der Waals surface area contributed by atoms with Crippen LogP contribution in [0.5, 0.6) is 5.75 Å². The number of nitrogens with one attached hydrogen (secondary N) is 1. The Balaban J connectivity index is 1.57. The highest BCUT2D eigenvalue weighted by molar-refractivity contribution is 9.10. The molecule has 3 aromatic carbocycles. The van der Waals surface area contributed by atoms with Crippen LogP contribution in [0.25, 0.3) is 0 Å². The topological polar surface area (TPSA) is 59.9 Å². The Morgan fingerprint density at radius 1 is 1.07 bits per heavy atom. The smallest absolute Gasteiger partial charge is 0.265 e. The van der Waals surface area contributed by atoms with Crippen molar-refractivity contribution in [3.05, 3.63) is 94.2 Å². The van der Waals surface area contributed by atoms with Crippen LogP contribution in [0.15, 0.2) is 82.4 Å². The minimum absolute atomic E-state index is 0.0789. The van der Waals surface area contributed by atoms with Crippen LogP contribution < -0.4 is 10.1 Å². The molecule has 148 valence electrons. The zero-order valence-electron chi connectivity index (χ0n) is 15.3. The van der Waals surface area contributed by atoms with Crippen LogP contribution in [0.3, 0.4) is 0 Å². The Morgan fingerprint density at radius 2 is 1.83 bits per heavy atom. The van der Waals surface area contributed by atoms with Gasteiger partial charge in [0, 0.05) is 21.3 Å². The number of para-hydroxylation sites is 1. The second-order valence-electron chi connectivity index (χ2n) is 5.98. The molecule has 0 aromatic heterocycles. The van der Waals surface area contributed by atoms with E-state index in [-0.39, 0.29) is 24.9 Å². The van der Waals surface area contributed by atoms with Crippen LogP contribution in [0, 0.1) is 5.82 Å². The summed E-state index contributed by atoms with van der Waals surface area (Å²) in [6, 6.07) is 20.8. The van der Waals surface area contributed by atoms with Crippen LogP contribution in [-0.2, 0) is 16.2 Å². The van der Waals surface area contributed by atoms with E-state index in [0.717, 1.165) is 4.47 Å². The first-order chi connectivity index (χ1) is 14.1. The average molecular weight is 457 g/mol. The van der Waals surface area contributed by atoms with Gasteiger partial charge in [-0.3, -0.25) is 4.79 Å². The average Bonchev–Trinajstić information content (AvgIpc) is 2.72. The van der Waals surface area contributed by atoms with E-state index < -0.39 is 0 Å². The Labute approximate surface area is 176 Å². The number of hydrogen-bond donors (Lipinski definition) is 1. The van der Waals surface area contributed by atoms with E-state index in [1.54, 1.807) is 42.5 Å². The van der Waals surface area contributed by atoms with Crippen LogP contribution in [-0.4, -0.2) is 18.7 Å². The largest absolute Gasteiger partial charge is 0.488 e. The van der Waals surface area contributed by atoms with Crippen molar-refractivity contribution in [3.63, 3.8) is 0 Å². The molecule has 0 unspecified atom stereocenters. The Morgan fingerprint density at radius 3 is 2.62 bits per heavy atom. The lowest BCUT2D eigenvalue weighted by Crippen LogP contribution is -2.16. The number of amides is 1. The lowest BCUT2D eigenvalue weighted by atomic mass is 10.2. The quantitative estimate of drug-likeness (QED) is 0.376. The van der Waals surface area contributed by atoms with E-state index in [2.05, 4.69) is 26.4 Å². The number of benzene rings is 3. The number of hydrogen-bond acceptors (Lipinski definition) is 4. The zero-order chi connectivity index (χ0) is 20.5. The first kappa shape index (κ1) is 20.5. The number of carbonyl (C=O) groups is 1. The summed E-state index contributed by atoms with van der Waals surface area (Å²) in [5.41, 5.74) is 1.76. The van der Waals surface area contributed by atoms with Crippen LogP contribution in [0.4, 0.5) is 10.1 Å². The molecule has 0 fully saturated rings. The SMILES string of the molecule is O=C(CON=Cc1cc(Br)ccc1OCc1ccccc1F)Nc1ccccc1. The highest BCUT2D eigenvalue weighted by Crippen LogP contribution is 2.23. The Bertz CT molecular complexity index is 996. The van der Waals surface area contributed by atoms with Crippen molar-refractivity contribution in [1.82, 2.24) is 0 Å². The summed E-state index contributed by atoms with van der Waals surface area (Å²) in [5, 5.41) is 6.54. The fourth-order valence-electron chi connectivity index (χ4n) is 2.43. The van der Waals surface area contributed by atoms with Gasteiger partial charge in [0.25, 0.3) is 5.91 Å². The molecule has 0 atom stereocenters. The number of nitrogens with zero attached hydrogens (tertiary/aromatic N) is 1. The highest BCUT2D eigenvalue weighted by Gasteiger charge is 2.07. The van der Waals surface area contributed by atoms with Crippen molar-refractivity contribution < 1.29 is 18.8 Å². The van der Waals surface area contributed by atoms with Crippen molar-refractivity contribution in [2.75, 3.05) is 11.9 Å². The lowest BCUT2D eigenvalue weighted by Gasteiger charge is -2.10. The van der Waals surface area contributed by atoms with Crippen molar-refractivity contribution in [2.45, 2.75) is 6.61 Å². The number of ether oxygens (including phenoxy) is 1. The molecular formula is C22H18BrFN2O3. The summed E-state index contributed by atoms with van der Waals surface area (Å²) in [6.07, 6.45) is 1.44. The van der Waals surface area contributed by atoms with E-state index in [1.807, 2.05) is 24.3 Å². The van der Waals surface area contributed by atoms with Gasteiger partial charge >= 0.3 is 0 Å². The van der Waals surface area contributed by atoms with E-state index >= 15 is 0 Å². The van der Waals surface area contributed by atoms with Gasteiger partial charge in [0.05, 0.1) is 6.21 Å². The van der Waals surface area contributed by atoms with Gasteiger partial charge < -0.3 is 14.9 Å². The molecule has 1 amide bonds. The lowest BCUT2D eigenvalue weighted by molar-refractivity contribution is -0.120. The standard InChI is InChI=1S/C22H18BrFN2O3/c23-18-10-11-21(28-14-16-6-4-5-9-20(16)24)17(12-18)13-25-29-15-22(27)26-19-7-2-1-3-8-19/h1-13H,14-15H2,(H,26,27). The van der Waals surface area contributed by atoms with Crippen molar-refractivity contribution in [1.29, 1.82) is 0 Å². The monoisotopic (exact) mass is 456 g/mol. The van der Waals surface area contributed by atoms with Gasteiger partial charge in [0.15, 0.2) is 6.61 Å². The maximum absolute atomic E-state index is 13.8. The van der Waals surface area contributed by atoms with Crippen molar-refractivity contribution in [3.8, 4) is 5.75 Å². The van der Waals surface area contributed by atoms with Crippen LogP contribution in [0.2, 0.25) is 0 Å². The summed E-state index contributed by atoms with van der Waals surface area (Å²) in [5.74, 6) is -0.135. The molecule has 29 heavy (non-hydrogen) atoms. The molecule has 3 rings (SSSR count). The number of rotatable bonds is 8. The Hall–Kier alpha value is -3.19. The summed E-state index contributed by atoms with van der Waals surface area (Å²) >= 11 is 3.39. The molecule has 0 spiro atoms. The fourth-order valence-corrected chi connectivity index (χ4v) is 2.81. The van der Waals surface area contributed by atoms with Crippen LogP contribution in [0.1, 0.15) is 11.1 Å². The van der Waals surface area contributed by atoms with Crippen molar-refractivity contribution >= 4 is 33.7 Å². The summed E-state index contributed by atoms with van der Waals surface area (Å²) in [6.45, 7) is -0.152. The van der Waals surface area contributed by atoms with Gasteiger partial charge in [0.1, 0.15) is 18.2 Å². The predicted octanol–water partition coefficient (Wildman–Crippen LogP) is 5.16. The van der Waals surface area contributed by atoms with E-state index in [4.69, 9.17) is 9.57 Å². The number of halogens is 2. The molecule has 0 aliphatic rings. The summed E-state index contributed by atoms with van der Waals surface area (Å²) < 4.78 is 20.3. The third-order valence-corrected chi connectivity index (χ3v) is 4.33. The maximum atomic E-state index is 13.8. The fraction of sp³-hybridized carbons (Fsp3) is 0.0909. The second-order valence-corrected chi connectivity index (χ2v) is 6.90. The minimum atomic E-state index is -0.326. The predicted molar refractivity (Wildman–Crippen MR) is 113 cm³/mol. The molecule has 0 saturated carbocycles. The summed E-state index contributed by atoms with van der Waals surface area (Å²) in [7, 11) is 0. The van der Waals surface area contributed by atoms with E-state index in [0.29, 0.717) is 22.6 Å². The number of anilines is 1. The molecule has 0 radical (unpaired) electrons. The molecule has 0 heterocycles. The second kappa shape index (κ2) is 10.4. The highest BCUT2D eigenvalue weighted by atomic mass is 79.9.